The quantitative estimate of drug-likeness (QED) is 0.429. The van der Waals surface area contributed by atoms with E-state index in [9.17, 15) is 15.0 Å². The van der Waals surface area contributed by atoms with Crippen molar-refractivity contribution in [1.29, 1.82) is 0 Å². The molecule has 1 unspecified atom stereocenters. The normalized spacial score (nSPS) is 18.6. The molecule has 0 saturated carbocycles. The van der Waals surface area contributed by atoms with Gasteiger partial charge in [0.2, 0.25) is 0 Å². The second kappa shape index (κ2) is 9.18. The first kappa shape index (κ1) is 22.7. The van der Waals surface area contributed by atoms with Gasteiger partial charge in [0.1, 0.15) is 17.1 Å². The van der Waals surface area contributed by atoms with Crippen molar-refractivity contribution < 1.29 is 19.7 Å². The topological polar surface area (TPSA) is 70.0 Å². The number of hydrogen-bond donors (Lipinski definition) is 2. The van der Waals surface area contributed by atoms with Crippen LogP contribution in [0.1, 0.15) is 39.2 Å². The van der Waals surface area contributed by atoms with Crippen LogP contribution in [0.4, 0.5) is 5.69 Å². The maximum atomic E-state index is 13.3. The first-order valence-electron chi connectivity index (χ1n) is 11.5. The van der Waals surface area contributed by atoms with E-state index in [1.165, 1.54) is 0 Å². The first-order valence-corrected chi connectivity index (χ1v) is 11.5. The number of carbonyl (C=O) groups is 1. The van der Waals surface area contributed by atoms with E-state index in [-0.39, 0.29) is 29.5 Å². The summed E-state index contributed by atoms with van der Waals surface area (Å²) in [6.07, 6.45) is 1.53. The molecule has 1 aliphatic rings. The van der Waals surface area contributed by atoms with Crippen LogP contribution in [0.25, 0.3) is 10.8 Å². The molecule has 0 aromatic heterocycles. The number of phenolic OH excluding ortho intramolecular Hbond substituents is 1. The number of cyclic esters (lactones) is 1. The van der Waals surface area contributed by atoms with Crippen molar-refractivity contribution in [3.8, 4) is 5.75 Å². The van der Waals surface area contributed by atoms with E-state index in [0.717, 1.165) is 22.0 Å². The molecule has 0 aliphatic carbocycles. The Labute approximate surface area is 194 Å². The summed E-state index contributed by atoms with van der Waals surface area (Å²) in [6.45, 7) is 6.51. The fraction of sp³-hybridized carbons (Fsp3) is 0.321. The predicted molar refractivity (Wildman–Crippen MR) is 131 cm³/mol. The highest BCUT2D eigenvalue weighted by Gasteiger charge is 2.45. The number of hydrogen-bond acceptors (Lipinski definition) is 5. The second-order valence-electron chi connectivity index (χ2n) is 9.02. The molecule has 33 heavy (non-hydrogen) atoms. The zero-order valence-electron chi connectivity index (χ0n) is 19.4. The van der Waals surface area contributed by atoms with Crippen molar-refractivity contribution in [2.75, 3.05) is 11.4 Å². The van der Waals surface area contributed by atoms with E-state index >= 15 is 0 Å². The number of fused-ring (bicyclic) bond motifs is 1. The van der Waals surface area contributed by atoms with Gasteiger partial charge >= 0.3 is 5.97 Å². The molecule has 3 aromatic carbocycles. The Morgan fingerprint density at radius 3 is 2.33 bits per heavy atom. The Bertz CT molecular complexity index is 1180. The highest BCUT2D eigenvalue weighted by Crippen LogP contribution is 2.40. The lowest BCUT2D eigenvalue weighted by atomic mass is 9.79. The van der Waals surface area contributed by atoms with Crippen LogP contribution in [0.15, 0.2) is 78.2 Å². The first-order chi connectivity index (χ1) is 15.8. The molecule has 0 radical (unpaired) electrons. The molecule has 0 amide bonds. The number of benzene rings is 3. The third kappa shape index (κ3) is 4.54. The summed E-state index contributed by atoms with van der Waals surface area (Å²) in [5.74, 6) is -0.174. The summed E-state index contributed by atoms with van der Waals surface area (Å²) < 4.78 is 6.11. The van der Waals surface area contributed by atoms with E-state index in [0.29, 0.717) is 19.4 Å². The number of likely N-dealkylation sites (N-methyl/N-ethyl adjacent to an activating group) is 1. The molecule has 0 spiro atoms. The molecule has 4 rings (SSSR count). The average Bonchev–Trinajstić information content (AvgIpc) is 2.80. The van der Waals surface area contributed by atoms with Gasteiger partial charge in [0.25, 0.3) is 0 Å². The minimum absolute atomic E-state index is 0.0259. The number of anilines is 1. The van der Waals surface area contributed by atoms with Gasteiger partial charge in [0.15, 0.2) is 5.70 Å². The van der Waals surface area contributed by atoms with Gasteiger partial charge in [-0.05, 0) is 66.3 Å². The van der Waals surface area contributed by atoms with E-state index in [2.05, 4.69) is 0 Å². The molecule has 0 fully saturated rings. The van der Waals surface area contributed by atoms with Crippen molar-refractivity contribution in [2.24, 2.45) is 5.92 Å². The Kier molecular flexibility index (Phi) is 6.32. The fourth-order valence-electron chi connectivity index (χ4n) is 4.60. The zero-order valence-corrected chi connectivity index (χ0v) is 19.4. The number of carbonyl (C=O) groups excluding carboxylic acids is 1. The van der Waals surface area contributed by atoms with Crippen molar-refractivity contribution in [3.05, 3.63) is 83.7 Å². The van der Waals surface area contributed by atoms with E-state index in [1.807, 2.05) is 80.3 Å². The number of aliphatic hydroxyl groups is 1. The number of ether oxygens (including phenoxy) is 1. The number of rotatable bonds is 7. The van der Waals surface area contributed by atoms with Crippen molar-refractivity contribution >= 4 is 22.4 Å². The zero-order chi connectivity index (χ0) is 23.6. The van der Waals surface area contributed by atoms with Crippen LogP contribution in [-0.4, -0.2) is 28.3 Å². The molecule has 1 aliphatic heterocycles. The molecule has 1 heterocycles. The number of aromatic hydroxyl groups is 1. The summed E-state index contributed by atoms with van der Waals surface area (Å²) in [4.78, 5) is 15.1. The van der Waals surface area contributed by atoms with E-state index in [1.54, 1.807) is 12.1 Å². The predicted octanol–water partition coefficient (Wildman–Crippen LogP) is 6.12. The third-order valence-electron chi connectivity index (χ3n) is 6.69. The molecule has 5 heteroatoms. The van der Waals surface area contributed by atoms with Crippen LogP contribution in [-0.2, 0) is 16.0 Å². The summed E-state index contributed by atoms with van der Waals surface area (Å²) in [5.41, 5.74) is 1.32. The van der Waals surface area contributed by atoms with Crippen LogP contribution in [0.2, 0.25) is 0 Å². The van der Waals surface area contributed by atoms with Crippen LogP contribution in [0, 0.1) is 5.92 Å². The molecule has 2 N–H and O–H groups in total. The van der Waals surface area contributed by atoms with Gasteiger partial charge < -0.3 is 19.8 Å². The summed E-state index contributed by atoms with van der Waals surface area (Å²) in [6, 6.07) is 21.1. The van der Waals surface area contributed by atoms with Gasteiger partial charge in [-0.25, -0.2) is 4.79 Å². The van der Waals surface area contributed by atoms with Gasteiger partial charge in [-0.2, -0.15) is 0 Å². The maximum Gasteiger partial charge on any atom is 0.359 e. The smallest absolute Gasteiger partial charge is 0.359 e. The Morgan fingerprint density at radius 2 is 1.70 bits per heavy atom. The molecule has 5 nitrogen and oxygen atoms in total. The van der Waals surface area contributed by atoms with Gasteiger partial charge in [-0.3, -0.25) is 0 Å². The molecule has 172 valence electrons. The minimum atomic E-state index is -0.786. The van der Waals surface area contributed by atoms with Crippen LogP contribution in [0.5, 0.6) is 5.75 Å². The lowest BCUT2D eigenvalue weighted by Gasteiger charge is -2.42. The SMILES string of the molecule is CCN(C1=C(O)CC(CCc2ccc(O)cc2)(C(C)C)OC1=O)c1ccc2ccccc2c1. The maximum absolute atomic E-state index is 13.3. The molecule has 1 atom stereocenters. The number of aliphatic hydroxyl groups excluding tert-OH is 1. The highest BCUT2D eigenvalue weighted by atomic mass is 16.6. The molecular formula is C28H31NO4. The fourth-order valence-corrected chi connectivity index (χ4v) is 4.60. The van der Waals surface area contributed by atoms with Gasteiger partial charge in [0, 0.05) is 18.7 Å². The van der Waals surface area contributed by atoms with Gasteiger partial charge in [-0.15, -0.1) is 0 Å². The van der Waals surface area contributed by atoms with Gasteiger partial charge in [0.05, 0.1) is 0 Å². The van der Waals surface area contributed by atoms with E-state index < -0.39 is 11.6 Å². The Morgan fingerprint density at radius 1 is 1.00 bits per heavy atom. The molecular weight excluding hydrogens is 414 g/mol. The van der Waals surface area contributed by atoms with E-state index in [4.69, 9.17) is 4.74 Å². The lowest BCUT2D eigenvalue weighted by molar-refractivity contribution is -0.166. The average molecular weight is 446 g/mol. The second-order valence-corrected chi connectivity index (χ2v) is 9.02. The van der Waals surface area contributed by atoms with Crippen molar-refractivity contribution in [2.45, 2.75) is 45.6 Å². The van der Waals surface area contributed by atoms with Crippen LogP contribution < -0.4 is 4.90 Å². The van der Waals surface area contributed by atoms with Crippen LogP contribution >= 0.6 is 0 Å². The molecule has 0 saturated heterocycles. The standard InChI is InChI=1S/C28H31NO4/c1-4-29(23-12-11-21-7-5-6-8-22(21)17-23)26-25(31)18-28(19(2)3,33-27(26)32)16-15-20-9-13-24(30)14-10-20/h5-14,17,19,30-31H,4,15-16,18H2,1-3H3. The minimum Gasteiger partial charge on any atom is -0.510 e. The Hall–Kier alpha value is -3.47. The number of aryl methyl sites for hydroxylation is 1. The highest BCUT2D eigenvalue weighted by molar-refractivity contribution is 5.96. The Balaban J connectivity index is 1.63. The van der Waals surface area contributed by atoms with Crippen molar-refractivity contribution in [3.63, 3.8) is 0 Å². The third-order valence-corrected chi connectivity index (χ3v) is 6.69. The van der Waals surface area contributed by atoms with Crippen molar-refractivity contribution in [1.82, 2.24) is 0 Å². The molecule has 3 aromatic rings. The largest absolute Gasteiger partial charge is 0.510 e. The van der Waals surface area contributed by atoms with Gasteiger partial charge in [-0.1, -0.05) is 56.3 Å². The summed E-state index contributed by atoms with van der Waals surface area (Å²) in [7, 11) is 0. The summed E-state index contributed by atoms with van der Waals surface area (Å²) >= 11 is 0. The van der Waals surface area contributed by atoms with Crippen LogP contribution in [0.3, 0.4) is 0 Å². The molecule has 0 bridgehead atoms. The monoisotopic (exact) mass is 445 g/mol. The summed E-state index contributed by atoms with van der Waals surface area (Å²) in [5, 5.41) is 22.9. The number of nitrogens with zero attached hydrogens (tertiary/aromatic N) is 1. The number of phenols is 1. The lowest BCUT2D eigenvalue weighted by Crippen LogP contribution is -2.47. The number of esters is 1.